The molecule has 0 bridgehead atoms. The Morgan fingerprint density at radius 1 is 0.712 bits per heavy atom. The van der Waals surface area contributed by atoms with Crippen LogP contribution in [0.5, 0.6) is 0 Å². The van der Waals surface area contributed by atoms with Crippen molar-refractivity contribution in [2.75, 3.05) is 19.7 Å². The monoisotopic (exact) mass is 843 g/mol. The molecule has 0 aromatic heterocycles. The quantitative estimate of drug-likeness (QED) is 0.0374. The number of nitrogens with two attached hydrogens (primary N) is 2. The average molecular weight is 844 g/mol. The van der Waals surface area contributed by atoms with Crippen LogP contribution in [0.2, 0.25) is 0 Å². The second-order valence-corrected chi connectivity index (χ2v) is 15.5. The lowest BCUT2D eigenvalue weighted by Gasteiger charge is -2.31. The minimum Gasteiger partial charge on any atom is -0.481 e. The molecule has 9 atom stereocenters. The maximum absolute atomic E-state index is 14.0. The number of carboxylic acid groups (broad SMARTS) is 2. The molecule has 0 aromatic rings. The standard InChI is InChI=1S/C37H65N9O13/c1-18(2)16-22(39)31(52)43-25(17-47)33(54)41-23(12-13-27(49)50)32(53)45-29(21(6)48)35(56)42-24(10-7-8-14-38)36(57)46-15-9-11-26(46)34(55)40-20(5)30(51)44-28(19(3)4)37(58)59/h18-26,28-29,47-48H,7-17,38-39H2,1-6H3,(H,40,55)(H,41,54)(H,42,56)(H,43,52)(H,44,51)(H,45,53)(H,49,50)(H,58,59)/t20-,21+,22-,23-,24-,25-,26-,28-,29?/m0/s1. The van der Waals surface area contributed by atoms with Gasteiger partial charge in [-0.05, 0) is 77.2 Å². The van der Waals surface area contributed by atoms with Crippen LogP contribution in [0.1, 0.15) is 92.9 Å². The van der Waals surface area contributed by atoms with E-state index in [0.29, 0.717) is 19.3 Å². The smallest absolute Gasteiger partial charge is 0.326 e. The fourth-order valence-electron chi connectivity index (χ4n) is 6.24. The number of hydrogen-bond acceptors (Lipinski definition) is 13. The summed E-state index contributed by atoms with van der Waals surface area (Å²) in [6.45, 7) is 8.83. The Morgan fingerprint density at radius 3 is 1.81 bits per heavy atom. The first-order chi connectivity index (χ1) is 27.5. The van der Waals surface area contributed by atoms with Crippen LogP contribution in [0.15, 0.2) is 0 Å². The largest absolute Gasteiger partial charge is 0.481 e. The van der Waals surface area contributed by atoms with Crippen LogP contribution >= 0.6 is 0 Å². The number of hydrogen-bond donors (Lipinski definition) is 12. The number of aliphatic hydroxyl groups is 2. The summed E-state index contributed by atoms with van der Waals surface area (Å²) in [4.78, 5) is 117. The normalized spacial score (nSPS) is 18.0. The Labute approximate surface area is 343 Å². The van der Waals surface area contributed by atoms with Gasteiger partial charge in [0.05, 0.1) is 18.8 Å². The molecule has 1 saturated heterocycles. The maximum Gasteiger partial charge on any atom is 0.326 e. The van der Waals surface area contributed by atoms with Crippen LogP contribution in [0, 0.1) is 11.8 Å². The third-order valence-electron chi connectivity index (χ3n) is 9.60. The van der Waals surface area contributed by atoms with E-state index in [-0.39, 0.29) is 38.3 Å². The Kier molecular flexibility index (Phi) is 22.5. The number of carbonyl (C=O) groups excluding carboxylic acids is 7. The van der Waals surface area contributed by atoms with Crippen molar-refractivity contribution in [3.8, 4) is 0 Å². The Balaban J connectivity index is 3.23. The van der Waals surface area contributed by atoms with E-state index in [4.69, 9.17) is 11.5 Å². The predicted molar refractivity (Wildman–Crippen MR) is 210 cm³/mol. The molecular formula is C37H65N9O13. The number of likely N-dealkylation sites (tertiary alicyclic amines) is 1. The van der Waals surface area contributed by atoms with E-state index in [0.717, 1.165) is 6.92 Å². The first kappa shape index (κ1) is 52.1. The van der Waals surface area contributed by atoms with Crippen molar-refractivity contribution in [1.29, 1.82) is 0 Å². The summed E-state index contributed by atoms with van der Waals surface area (Å²) >= 11 is 0. The summed E-state index contributed by atoms with van der Waals surface area (Å²) in [5.41, 5.74) is 11.5. The zero-order valence-corrected chi connectivity index (χ0v) is 34.7. The number of aliphatic hydroxyl groups excluding tert-OH is 2. The van der Waals surface area contributed by atoms with E-state index in [2.05, 4.69) is 31.9 Å². The number of aliphatic carboxylic acids is 2. The number of nitrogens with one attached hydrogen (secondary N) is 6. The molecule has 336 valence electrons. The highest BCUT2D eigenvalue weighted by atomic mass is 16.4. The number of rotatable bonds is 26. The summed E-state index contributed by atoms with van der Waals surface area (Å²) in [5.74, 6) is -9.07. The first-order valence-electron chi connectivity index (χ1n) is 19.9. The molecule has 1 aliphatic rings. The van der Waals surface area contributed by atoms with Crippen LogP contribution in [-0.2, 0) is 43.2 Å². The number of nitrogens with zero attached hydrogens (tertiary/aromatic N) is 1. The number of carboxylic acids is 2. The van der Waals surface area contributed by atoms with Gasteiger partial charge in [0.15, 0.2) is 0 Å². The van der Waals surface area contributed by atoms with Gasteiger partial charge in [0.25, 0.3) is 0 Å². The highest BCUT2D eigenvalue weighted by molar-refractivity contribution is 5.98. The van der Waals surface area contributed by atoms with Gasteiger partial charge in [0, 0.05) is 13.0 Å². The summed E-state index contributed by atoms with van der Waals surface area (Å²) in [7, 11) is 0. The lowest BCUT2D eigenvalue weighted by atomic mass is 10.0. The Morgan fingerprint density at radius 2 is 1.29 bits per heavy atom. The summed E-state index contributed by atoms with van der Waals surface area (Å²) in [5, 5.41) is 53.4. The van der Waals surface area contributed by atoms with E-state index in [9.17, 15) is 63.6 Å². The van der Waals surface area contributed by atoms with Gasteiger partial charge < -0.3 is 68.7 Å². The minimum atomic E-state index is -1.75. The molecule has 14 N–H and O–H groups in total. The van der Waals surface area contributed by atoms with E-state index in [1.807, 2.05) is 13.8 Å². The molecule has 0 saturated carbocycles. The van der Waals surface area contributed by atoms with Gasteiger partial charge in [0.1, 0.15) is 42.3 Å². The molecule has 1 heterocycles. The fourth-order valence-corrected chi connectivity index (χ4v) is 6.24. The Bertz CT molecular complexity index is 1480. The van der Waals surface area contributed by atoms with Crippen LogP contribution in [0.3, 0.4) is 0 Å². The van der Waals surface area contributed by atoms with Gasteiger partial charge in [-0.25, -0.2) is 4.79 Å². The average Bonchev–Trinajstić information content (AvgIpc) is 3.65. The van der Waals surface area contributed by atoms with Crippen LogP contribution in [0.25, 0.3) is 0 Å². The van der Waals surface area contributed by atoms with Gasteiger partial charge in [0.2, 0.25) is 41.4 Å². The Hall–Kier alpha value is -4.93. The van der Waals surface area contributed by atoms with Crippen molar-refractivity contribution in [3.05, 3.63) is 0 Å². The summed E-state index contributed by atoms with van der Waals surface area (Å²) < 4.78 is 0. The van der Waals surface area contributed by atoms with E-state index < -0.39 is 133 Å². The molecule has 0 aromatic carbocycles. The van der Waals surface area contributed by atoms with Gasteiger partial charge >= 0.3 is 11.9 Å². The molecular weight excluding hydrogens is 778 g/mol. The highest BCUT2D eigenvalue weighted by Crippen LogP contribution is 2.20. The van der Waals surface area contributed by atoms with Crippen LogP contribution in [0.4, 0.5) is 0 Å². The number of carbonyl (C=O) groups is 9. The first-order valence-corrected chi connectivity index (χ1v) is 19.9. The van der Waals surface area contributed by atoms with Crippen molar-refractivity contribution in [2.24, 2.45) is 23.3 Å². The second-order valence-electron chi connectivity index (χ2n) is 15.5. The molecule has 1 aliphatic heterocycles. The zero-order chi connectivity index (χ0) is 45.1. The molecule has 7 amide bonds. The molecule has 59 heavy (non-hydrogen) atoms. The van der Waals surface area contributed by atoms with Crippen molar-refractivity contribution < 1.29 is 63.6 Å². The van der Waals surface area contributed by atoms with E-state index in [1.54, 1.807) is 13.8 Å². The predicted octanol–water partition coefficient (Wildman–Crippen LogP) is -3.61. The summed E-state index contributed by atoms with van der Waals surface area (Å²) in [6.07, 6.45) is -1.05. The van der Waals surface area contributed by atoms with Crippen molar-refractivity contribution in [3.63, 3.8) is 0 Å². The van der Waals surface area contributed by atoms with Crippen molar-refractivity contribution in [2.45, 2.75) is 147 Å². The molecule has 1 fully saturated rings. The molecule has 22 nitrogen and oxygen atoms in total. The lowest BCUT2D eigenvalue weighted by molar-refractivity contribution is -0.144. The van der Waals surface area contributed by atoms with E-state index in [1.165, 1.54) is 11.8 Å². The third kappa shape index (κ3) is 17.4. The third-order valence-corrected chi connectivity index (χ3v) is 9.60. The molecule has 22 heteroatoms. The van der Waals surface area contributed by atoms with Crippen molar-refractivity contribution in [1.82, 2.24) is 36.8 Å². The van der Waals surface area contributed by atoms with Gasteiger partial charge in [-0.3, -0.25) is 38.4 Å². The fraction of sp³-hybridized carbons (Fsp3) is 0.757. The molecule has 0 aliphatic carbocycles. The number of unbranched alkanes of at least 4 members (excludes halogenated alkanes) is 1. The van der Waals surface area contributed by atoms with Gasteiger partial charge in [-0.2, -0.15) is 0 Å². The van der Waals surface area contributed by atoms with Crippen LogP contribution in [-0.4, -0.2) is 153 Å². The molecule has 1 rings (SSSR count). The topological polar surface area (TPSA) is 362 Å². The summed E-state index contributed by atoms with van der Waals surface area (Å²) in [6, 6.07) is -10.7. The number of amides is 7. The maximum atomic E-state index is 14.0. The second kappa shape index (κ2) is 25.5. The minimum absolute atomic E-state index is 0.0318. The molecule has 0 radical (unpaired) electrons. The SMILES string of the molecule is CC(C)C[C@H](N)C(=O)N[C@@H](CO)C(=O)N[C@@H](CCC(=O)O)C(=O)NC(C(=O)N[C@@H](CCCCN)C(=O)N1CCC[C@H]1C(=O)N[C@@H](C)C(=O)N[C@H](C(=O)O)C(C)C)[C@@H](C)O. The highest BCUT2D eigenvalue weighted by Gasteiger charge is 2.40. The molecule has 1 unspecified atom stereocenters. The lowest BCUT2D eigenvalue weighted by Crippen LogP contribution is -2.62. The van der Waals surface area contributed by atoms with Crippen LogP contribution < -0.4 is 43.4 Å². The van der Waals surface area contributed by atoms with Gasteiger partial charge in [-0.1, -0.05) is 27.7 Å². The van der Waals surface area contributed by atoms with Gasteiger partial charge in [-0.15, -0.1) is 0 Å². The molecule has 0 spiro atoms. The van der Waals surface area contributed by atoms with E-state index >= 15 is 0 Å². The zero-order valence-electron chi connectivity index (χ0n) is 34.7. The van der Waals surface area contributed by atoms with Crippen molar-refractivity contribution >= 4 is 53.3 Å².